The largest absolute Gasteiger partial charge is 0.335 e. The molecule has 0 bridgehead atoms. The van der Waals surface area contributed by atoms with E-state index in [1.807, 2.05) is 42.2 Å². The predicted octanol–water partition coefficient (Wildman–Crippen LogP) is 3.07. The lowest BCUT2D eigenvalue weighted by Crippen LogP contribution is -2.46. The van der Waals surface area contributed by atoms with Crippen molar-refractivity contribution in [3.63, 3.8) is 0 Å². The van der Waals surface area contributed by atoms with Gasteiger partial charge in [0, 0.05) is 36.1 Å². The zero-order chi connectivity index (χ0) is 18.1. The molecule has 2 heterocycles. The van der Waals surface area contributed by atoms with Gasteiger partial charge in [-0.1, -0.05) is 18.2 Å². The number of benzene rings is 1. The number of carbonyl (C=O) groups excluding carboxylic acids is 2. The third-order valence-electron chi connectivity index (χ3n) is 5.16. The number of anilines is 1. The van der Waals surface area contributed by atoms with Crippen LogP contribution < -0.4 is 10.6 Å². The first-order valence-electron chi connectivity index (χ1n) is 9.33. The highest BCUT2D eigenvalue weighted by Gasteiger charge is 2.30. The Balaban J connectivity index is 1.39. The molecule has 0 atom stereocenters. The fourth-order valence-corrected chi connectivity index (χ4v) is 3.48. The second kappa shape index (κ2) is 6.94. The Kier molecular flexibility index (Phi) is 4.49. The summed E-state index contributed by atoms with van der Waals surface area (Å²) in [5, 5.41) is 7.05. The predicted molar refractivity (Wildman–Crippen MR) is 101 cm³/mol. The molecular weight excluding hydrogens is 328 g/mol. The molecule has 0 unspecified atom stereocenters. The highest BCUT2D eigenvalue weighted by atomic mass is 16.2. The second-order valence-corrected chi connectivity index (χ2v) is 7.30. The molecule has 1 aromatic heterocycles. The number of rotatable bonds is 3. The van der Waals surface area contributed by atoms with Crippen molar-refractivity contribution in [1.82, 2.24) is 15.2 Å². The number of likely N-dealkylation sites (tertiary alicyclic amines) is 1. The van der Waals surface area contributed by atoms with Crippen molar-refractivity contribution >= 4 is 28.5 Å². The molecule has 0 spiro atoms. The minimum absolute atomic E-state index is 0.0158. The first kappa shape index (κ1) is 16.8. The van der Waals surface area contributed by atoms with Gasteiger partial charge in [0.2, 0.25) is 5.91 Å². The maximum absolute atomic E-state index is 12.7. The molecule has 1 aliphatic heterocycles. The van der Waals surface area contributed by atoms with Gasteiger partial charge in [0.1, 0.15) is 0 Å². The maximum Gasteiger partial charge on any atom is 0.317 e. The van der Waals surface area contributed by atoms with Crippen LogP contribution in [0.1, 0.15) is 31.4 Å². The number of carbonyl (C=O) groups is 2. The van der Waals surface area contributed by atoms with Gasteiger partial charge in [0.25, 0.3) is 0 Å². The van der Waals surface area contributed by atoms with Gasteiger partial charge in [-0.25, -0.2) is 4.79 Å². The van der Waals surface area contributed by atoms with Crippen LogP contribution in [0.4, 0.5) is 10.5 Å². The Hall–Kier alpha value is -2.63. The lowest BCUT2D eigenvalue weighted by Gasteiger charge is -2.31. The van der Waals surface area contributed by atoms with Crippen LogP contribution in [0.25, 0.3) is 10.9 Å². The zero-order valence-corrected chi connectivity index (χ0v) is 15.0. The number of urea groups is 1. The highest BCUT2D eigenvalue weighted by Crippen LogP contribution is 2.26. The first-order valence-corrected chi connectivity index (χ1v) is 9.33. The van der Waals surface area contributed by atoms with E-state index in [0.29, 0.717) is 32.0 Å². The molecule has 3 amide bonds. The fourth-order valence-electron chi connectivity index (χ4n) is 3.48. The van der Waals surface area contributed by atoms with Gasteiger partial charge < -0.3 is 15.5 Å². The fraction of sp³-hybridized carbons (Fsp3) is 0.450. The van der Waals surface area contributed by atoms with Gasteiger partial charge in [-0.05, 0) is 44.7 Å². The molecule has 4 rings (SSSR count). The summed E-state index contributed by atoms with van der Waals surface area (Å²) in [6.45, 7) is 3.19. The Morgan fingerprint density at radius 1 is 1.12 bits per heavy atom. The minimum atomic E-state index is -0.0628. The van der Waals surface area contributed by atoms with Crippen LogP contribution in [-0.2, 0) is 4.79 Å². The molecular formula is C20H24N4O2. The third kappa shape index (κ3) is 3.64. The van der Waals surface area contributed by atoms with E-state index in [-0.39, 0.29) is 17.9 Å². The average molecular weight is 352 g/mol. The van der Waals surface area contributed by atoms with Gasteiger partial charge in [-0.2, -0.15) is 0 Å². The average Bonchev–Trinajstić information content (AvgIpc) is 3.45. The zero-order valence-electron chi connectivity index (χ0n) is 15.0. The minimum Gasteiger partial charge on any atom is -0.335 e. The van der Waals surface area contributed by atoms with Crippen LogP contribution in [0.2, 0.25) is 0 Å². The molecule has 2 aromatic rings. The van der Waals surface area contributed by atoms with Crippen molar-refractivity contribution in [3.05, 3.63) is 36.0 Å². The lowest BCUT2D eigenvalue weighted by molar-refractivity contribution is -0.121. The molecule has 0 radical (unpaired) electrons. The van der Waals surface area contributed by atoms with Crippen LogP contribution >= 0.6 is 0 Å². The van der Waals surface area contributed by atoms with Crippen LogP contribution in [-0.4, -0.2) is 41.0 Å². The molecule has 2 N–H and O–H groups in total. The number of piperidine rings is 1. The van der Waals surface area contributed by atoms with Crippen LogP contribution in [0.5, 0.6) is 0 Å². The second-order valence-electron chi connectivity index (χ2n) is 7.30. The summed E-state index contributed by atoms with van der Waals surface area (Å²) in [6.07, 6.45) is 3.58. The van der Waals surface area contributed by atoms with E-state index >= 15 is 0 Å². The van der Waals surface area contributed by atoms with Gasteiger partial charge in [-0.15, -0.1) is 0 Å². The summed E-state index contributed by atoms with van der Waals surface area (Å²) in [7, 11) is 0. The monoisotopic (exact) mass is 352 g/mol. The lowest BCUT2D eigenvalue weighted by atomic mass is 9.96. The molecule has 6 heteroatoms. The first-order chi connectivity index (χ1) is 12.6. The molecule has 1 saturated carbocycles. The highest BCUT2D eigenvalue weighted by molar-refractivity contribution is 6.01. The summed E-state index contributed by atoms with van der Waals surface area (Å²) in [4.78, 5) is 31.2. The number of aryl methyl sites for hydroxylation is 1. The molecule has 26 heavy (non-hydrogen) atoms. The Labute approximate surface area is 153 Å². The maximum atomic E-state index is 12.7. The van der Waals surface area contributed by atoms with Gasteiger partial charge in [-0.3, -0.25) is 9.78 Å². The van der Waals surface area contributed by atoms with Crippen molar-refractivity contribution < 1.29 is 9.59 Å². The van der Waals surface area contributed by atoms with E-state index in [2.05, 4.69) is 15.6 Å². The van der Waals surface area contributed by atoms with E-state index < -0.39 is 0 Å². The smallest absolute Gasteiger partial charge is 0.317 e. The summed E-state index contributed by atoms with van der Waals surface area (Å²) >= 11 is 0. The van der Waals surface area contributed by atoms with Gasteiger partial charge >= 0.3 is 6.03 Å². The SMILES string of the molecule is Cc1cc(NC(=O)C2CCN(C(=O)NC3CC3)CC2)c2ccccc2n1. The van der Waals surface area contributed by atoms with Gasteiger partial charge in [0.05, 0.1) is 11.2 Å². The molecule has 1 aliphatic carbocycles. The number of para-hydroxylation sites is 1. The number of nitrogens with zero attached hydrogens (tertiary/aromatic N) is 2. The van der Waals surface area contributed by atoms with Crippen molar-refractivity contribution in [1.29, 1.82) is 0 Å². The van der Waals surface area contributed by atoms with Crippen LogP contribution in [0, 0.1) is 12.8 Å². The molecule has 2 fully saturated rings. The van der Waals surface area contributed by atoms with Crippen molar-refractivity contribution in [3.8, 4) is 0 Å². The summed E-state index contributed by atoms with van der Waals surface area (Å²) in [5.41, 5.74) is 2.58. The number of amides is 3. The number of hydrogen-bond donors (Lipinski definition) is 2. The van der Waals surface area contributed by atoms with Gasteiger partial charge in [0.15, 0.2) is 0 Å². The summed E-state index contributed by atoms with van der Waals surface area (Å²) < 4.78 is 0. The van der Waals surface area contributed by atoms with E-state index in [4.69, 9.17) is 0 Å². The summed E-state index contributed by atoms with van der Waals surface area (Å²) in [6, 6.07) is 10.1. The Morgan fingerprint density at radius 2 is 1.85 bits per heavy atom. The number of nitrogens with one attached hydrogen (secondary N) is 2. The van der Waals surface area contributed by atoms with E-state index in [1.54, 1.807) is 0 Å². The third-order valence-corrected chi connectivity index (χ3v) is 5.16. The summed E-state index contributed by atoms with van der Waals surface area (Å²) in [5.74, 6) is -0.0322. The van der Waals surface area contributed by atoms with Crippen molar-refractivity contribution in [2.45, 2.75) is 38.6 Å². The van der Waals surface area contributed by atoms with E-state index in [9.17, 15) is 9.59 Å². The standard InChI is InChI=1S/C20H24N4O2/c1-13-12-18(16-4-2-3-5-17(16)21-13)23-19(25)14-8-10-24(11-9-14)20(26)22-15-6-7-15/h2-5,12,14-15H,6-11H2,1H3,(H,22,26)(H,21,23,25). The number of pyridine rings is 1. The quantitative estimate of drug-likeness (QED) is 0.891. The normalized spacial score (nSPS) is 18.0. The van der Waals surface area contributed by atoms with Crippen LogP contribution in [0.3, 0.4) is 0 Å². The Morgan fingerprint density at radius 3 is 2.58 bits per heavy atom. The molecule has 2 aliphatic rings. The van der Waals surface area contributed by atoms with Crippen molar-refractivity contribution in [2.75, 3.05) is 18.4 Å². The molecule has 1 saturated heterocycles. The number of fused-ring (bicyclic) bond motifs is 1. The number of aromatic nitrogens is 1. The van der Waals surface area contributed by atoms with Crippen LogP contribution in [0.15, 0.2) is 30.3 Å². The topological polar surface area (TPSA) is 74.3 Å². The molecule has 136 valence electrons. The molecule has 6 nitrogen and oxygen atoms in total. The van der Waals surface area contributed by atoms with Crippen molar-refractivity contribution in [2.24, 2.45) is 5.92 Å². The van der Waals surface area contributed by atoms with E-state index in [1.165, 1.54) is 0 Å². The Bertz CT molecular complexity index is 839. The molecule has 1 aromatic carbocycles. The van der Waals surface area contributed by atoms with E-state index in [0.717, 1.165) is 35.1 Å². The number of hydrogen-bond acceptors (Lipinski definition) is 3.